The molecule has 1 fully saturated rings. The van der Waals surface area contributed by atoms with Crippen molar-refractivity contribution in [3.8, 4) is 0 Å². The van der Waals surface area contributed by atoms with Crippen molar-refractivity contribution < 1.29 is 9.21 Å². The Morgan fingerprint density at radius 1 is 1.46 bits per heavy atom. The van der Waals surface area contributed by atoms with E-state index in [0.29, 0.717) is 16.7 Å². The van der Waals surface area contributed by atoms with Gasteiger partial charge >= 0.3 is 5.76 Å². The van der Waals surface area contributed by atoms with E-state index < -0.39 is 5.76 Å². The maximum Gasteiger partial charge on any atom is 0.417 e. The van der Waals surface area contributed by atoms with Crippen molar-refractivity contribution in [2.45, 2.75) is 26.3 Å². The second kappa shape index (κ2) is 7.09. The maximum absolute atomic E-state index is 12.4. The topological polar surface area (TPSA) is 90.4 Å². The van der Waals surface area contributed by atoms with Crippen molar-refractivity contribution in [1.29, 1.82) is 0 Å². The number of piperazine rings is 1. The third-order valence-electron chi connectivity index (χ3n) is 4.41. The van der Waals surface area contributed by atoms with Crippen LogP contribution in [0.1, 0.15) is 20.3 Å². The molecule has 1 unspecified atom stereocenters. The molecule has 0 saturated carbocycles. The molecule has 0 bridgehead atoms. The van der Waals surface area contributed by atoms with Crippen LogP contribution in [0.15, 0.2) is 21.0 Å². The van der Waals surface area contributed by atoms with E-state index in [1.54, 1.807) is 6.08 Å². The van der Waals surface area contributed by atoms with Crippen molar-refractivity contribution in [3.05, 3.63) is 33.1 Å². The normalized spacial score (nSPS) is 28.9. The smallest absolute Gasteiger partial charge is 0.408 e. The fourth-order valence-corrected chi connectivity index (χ4v) is 3.08. The fourth-order valence-electron chi connectivity index (χ4n) is 3.08. The molecule has 0 spiro atoms. The van der Waals surface area contributed by atoms with Crippen LogP contribution in [0.5, 0.6) is 0 Å². The van der Waals surface area contributed by atoms with E-state index in [0.717, 1.165) is 31.8 Å². The summed E-state index contributed by atoms with van der Waals surface area (Å²) >= 11 is 0. The first-order chi connectivity index (χ1) is 11.5. The van der Waals surface area contributed by atoms with Gasteiger partial charge in [0, 0.05) is 37.4 Å². The molecule has 2 aliphatic rings. The predicted molar refractivity (Wildman–Crippen MR) is 91.4 cm³/mol. The van der Waals surface area contributed by atoms with Crippen LogP contribution in [-0.4, -0.2) is 48.0 Å². The Balaban J connectivity index is 1.75. The second-order valence-corrected chi connectivity index (χ2v) is 6.47. The highest BCUT2D eigenvalue weighted by atomic mass is 16.4. The number of hydrogen-bond acceptors (Lipinski definition) is 5. The number of fused-ring (bicyclic) bond motifs is 1. The lowest BCUT2D eigenvalue weighted by atomic mass is 10.0. The van der Waals surface area contributed by atoms with Crippen LogP contribution >= 0.6 is 0 Å². The molecule has 24 heavy (non-hydrogen) atoms. The van der Waals surface area contributed by atoms with E-state index in [2.05, 4.69) is 28.6 Å². The largest absolute Gasteiger partial charge is 0.417 e. The summed E-state index contributed by atoms with van der Waals surface area (Å²) in [6.45, 7) is 6.75. The van der Waals surface area contributed by atoms with Crippen molar-refractivity contribution in [3.63, 3.8) is 0 Å². The van der Waals surface area contributed by atoms with Gasteiger partial charge in [0.05, 0.1) is 11.9 Å². The number of allylic oxidation sites excluding steroid dienone is 2. The number of hydrogen-bond donors (Lipinski definition) is 3. The van der Waals surface area contributed by atoms with Gasteiger partial charge in [-0.05, 0) is 19.3 Å². The van der Waals surface area contributed by atoms with Crippen LogP contribution in [0.25, 0.3) is 12.2 Å². The molecule has 1 aromatic heterocycles. The summed E-state index contributed by atoms with van der Waals surface area (Å²) in [5.41, 5.74) is 1.30. The van der Waals surface area contributed by atoms with E-state index in [1.807, 2.05) is 17.9 Å². The van der Waals surface area contributed by atoms with E-state index in [-0.39, 0.29) is 18.5 Å². The average molecular weight is 332 g/mol. The van der Waals surface area contributed by atoms with Crippen molar-refractivity contribution >= 4 is 18.1 Å². The molecule has 2 heterocycles. The standard InChI is InChI=1S/C17H24N4O3/c1-11-3-4-14-15(24-17(23)20-14)8-13(7-11)19-10-16(22)21-6-5-18-9-12(21)2/h4,7-8,11-12,18-19H,3,5-6,9-10H2,1-2H3,(H,20,23)/b13-7+,14-4-,15-8+/t11?,12-/m1/s1. The number of rotatable bonds is 3. The summed E-state index contributed by atoms with van der Waals surface area (Å²) in [7, 11) is 0. The lowest BCUT2D eigenvalue weighted by molar-refractivity contribution is -0.132. The molecule has 7 heteroatoms. The Morgan fingerprint density at radius 2 is 2.29 bits per heavy atom. The molecule has 3 N–H and O–H groups in total. The monoisotopic (exact) mass is 332 g/mol. The number of H-pyrrole nitrogens is 1. The summed E-state index contributed by atoms with van der Waals surface area (Å²) in [5, 5.41) is 7.17. The van der Waals surface area contributed by atoms with Crippen LogP contribution in [-0.2, 0) is 4.79 Å². The van der Waals surface area contributed by atoms with Gasteiger partial charge < -0.3 is 20.0 Å². The molecule has 1 saturated heterocycles. The van der Waals surface area contributed by atoms with Crippen LogP contribution < -0.4 is 27.2 Å². The number of amides is 1. The van der Waals surface area contributed by atoms with E-state index in [1.165, 1.54) is 0 Å². The number of aromatic nitrogens is 1. The quantitative estimate of drug-likeness (QED) is 0.651. The first-order valence-corrected chi connectivity index (χ1v) is 8.40. The zero-order valence-corrected chi connectivity index (χ0v) is 14.1. The van der Waals surface area contributed by atoms with Gasteiger partial charge in [-0.3, -0.25) is 9.78 Å². The molecular formula is C17H24N4O3. The predicted octanol–water partition coefficient (Wildman–Crippen LogP) is -1.14. The molecule has 7 nitrogen and oxygen atoms in total. The molecule has 0 radical (unpaired) electrons. The summed E-state index contributed by atoms with van der Waals surface area (Å²) in [4.78, 5) is 28.4. The third kappa shape index (κ3) is 3.79. The van der Waals surface area contributed by atoms with Gasteiger partial charge in [0.1, 0.15) is 0 Å². The Morgan fingerprint density at radius 3 is 3.08 bits per heavy atom. The number of nitrogens with one attached hydrogen (secondary N) is 3. The molecule has 130 valence electrons. The summed E-state index contributed by atoms with van der Waals surface area (Å²) in [6, 6.07) is 0.200. The number of aromatic amines is 1. The van der Waals surface area contributed by atoms with Gasteiger partial charge in [-0.2, -0.15) is 0 Å². The number of nitrogens with zero attached hydrogens (tertiary/aromatic N) is 1. The van der Waals surface area contributed by atoms with Crippen LogP contribution in [0.4, 0.5) is 0 Å². The van der Waals surface area contributed by atoms with Crippen LogP contribution in [0.2, 0.25) is 0 Å². The Labute approximate surface area is 140 Å². The number of carbonyl (C=O) groups is 1. The summed E-state index contributed by atoms with van der Waals surface area (Å²) in [6.07, 6.45) is 6.58. The average Bonchev–Trinajstić information content (AvgIpc) is 2.88. The van der Waals surface area contributed by atoms with Gasteiger partial charge in [-0.1, -0.05) is 19.1 Å². The minimum absolute atomic E-state index is 0.0790. The van der Waals surface area contributed by atoms with Crippen LogP contribution in [0.3, 0.4) is 0 Å². The highest BCUT2D eigenvalue weighted by Gasteiger charge is 2.22. The van der Waals surface area contributed by atoms with Crippen molar-refractivity contribution in [2.24, 2.45) is 5.92 Å². The second-order valence-electron chi connectivity index (χ2n) is 6.47. The zero-order chi connectivity index (χ0) is 17.1. The fraction of sp³-hybridized carbons (Fsp3) is 0.529. The third-order valence-corrected chi connectivity index (χ3v) is 4.41. The van der Waals surface area contributed by atoms with Gasteiger partial charge in [-0.15, -0.1) is 0 Å². The van der Waals surface area contributed by atoms with Gasteiger partial charge in [0.15, 0.2) is 5.42 Å². The summed E-state index contributed by atoms with van der Waals surface area (Å²) in [5.74, 6) is -0.0917. The first kappa shape index (κ1) is 16.6. The number of carbonyl (C=O) groups excluding carboxylic acids is 1. The number of oxazole rings is 1. The first-order valence-electron chi connectivity index (χ1n) is 8.40. The Bertz CT molecular complexity index is 805. The molecule has 0 aromatic carbocycles. The summed E-state index contributed by atoms with van der Waals surface area (Å²) < 4.78 is 5.16. The minimum Gasteiger partial charge on any atom is -0.408 e. The SMILES string of the molecule is CC1\C=C(NCC(=O)N2CCNC[C@H]2C)/C=c2/oc(=O)[nH]/c2=C\C1. The molecule has 1 amide bonds. The molecule has 1 aromatic rings. The van der Waals surface area contributed by atoms with Crippen LogP contribution in [0, 0.1) is 5.92 Å². The van der Waals surface area contributed by atoms with Gasteiger partial charge in [-0.25, -0.2) is 4.79 Å². The minimum atomic E-state index is -0.466. The van der Waals surface area contributed by atoms with Crippen molar-refractivity contribution in [2.75, 3.05) is 26.2 Å². The molecular weight excluding hydrogens is 308 g/mol. The molecule has 2 atom stereocenters. The van der Waals surface area contributed by atoms with E-state index >= 15 is 0 Å². The highest BCUT2D eigenvalue weighted by molar-refractivity contribution is 5.79. The lowest BCUT2D eigenvalue weighted by Crippen LogP contribution is -2.54. The van der Waals surface area contributed by atoms with Gasteiger partial charge in [0.2, 0.25) is 5.91 Å². The molecule has 1 aliphatic heterocycles. The van der Waals surface area contributed by atoms with Gasteiger partial charge in [0.25, 0.3) is 0 Å². The maximum atomic E-state index is 12.4. The highest BCUT2D eigenvalue weighted by Crippen LogP contribution is 2.09. The van der Waals surface area contributed by atoms with Crippen molar-refractivity contribution in [1.82, 2.24) is 20.5 Å². The lowest BCUT2D eigenvalue weighted by Gasteiger charge is -2.34. The zero-order valence-electron chi connectivity index (χ0n) is 14.1. The molecule has 1 aliphatic carbocycles. The molecule has 3 rings (SSSR count). The van der Waals surface area contributed by atoms with E-state index in [4.69, 9.17) is 4.42 Å². The Hall–Kier alpha value is -2.28. The Kier molecular flexibility index (Phi) is 4.89. The van der Waals surface area contributed by atoms with E-state index in [9.17, 15) is 9.59 Å².